The molecule has 0 unspecified atom stereocenters. The number of carbonyl (C=O) groups excluding carboxylic acids is 1. The van der Waals surface area contributed by atoms with Gasteiger partial charge in [-0.1, -0.05) is 29.8 Å². The first kappa shape index (κ1) is 18.1. The van der Waals surface area contributed by atoms with E-state index in [1.807, 2.05) is 25.1 Å². The van der Waals surface area contributed by atoms with Gasteiger partial charge in [0, 0.05) is 11.0 Å². The molecule has 1 saturated heterocycles. The SMILES string of the molecule is Cc1ccc(S(=O)(=O)N2CCC[C@@H]2C(=O)Nc2ccccc2Br)cc1. The Morgan fingerprint density at radius 1 is 1.16 bits per heavy atom. The van der Waals surface area contributed by atoms with Crippen molar-refractivity contribution in [1.82, 2.24) is 4.31 Å². The lowest BCUT2D eigenvalue weighted by molar-refractivity contribution is -0.119. The third kappa shape index (κ3) is 3.78. The van der Waals surface area contributed by atoms with Crippen molar-refractivity contribution in [3.05, 3.63) is 58.6 Å². The summed E-state index contributed by atoms with van der Waals surface area (Å²) in [7, 11) is -3.69. The van der Waals surface area contributed by atoms with Gasteiger partial charge in [-0.25, -0.2) is 8.42 Å². The molecule has 1 fully saturated rings. The minimum absolute atomic E-state index is 0.221. The van der Waals surface area contributed by atoms with Crippen LogP contribution < -0.4 is 5.32 Å². The van der Waals surface area contributed by atoms with Gasteiger partial charge in [-0.2, -0.15) is 4.31 Å². The molecule has 0 bridgehead atoms. The van der Waals surface area contributed by atoms with E-state index in [9.17, 15) is 13.2 Å². The molecular weight excluding hydrogens is 404 g/mol. The Balaban J connectivity index is 1.83. The lowest BCUT2D eigenvalue weighted by Crippen LogP contribution is -2.43. The molecule has 0 spiro atoms. The largest absolute Gasteiger partial charge is 0.324 e. The molecule has 25 heavy (non-hydrogen) atoms. The van der Waals surface area contributed by atoms with Crippen LogP contribution in [0.5, 0.6) is 0 Å². The van der Waals surface area contributed by atoms with Gasteiger partial charge in [0.25, 0.3) is 0 Å². The molecule has 3 rings (SSSR count). The van der Waals surface area contributed by atoms with Crippen molar-refractivity contribution in [2.24, 2.45) is 0 Å². The topological polar surface area (TPSA) is 66.5 Å². The number of para-hydroxylation sites is 1. The molecule has 1 N–H and O–H groups in total. The number of rotatable bonds is 4. The van der Waals surface area contributed by atoms with Crippen LogP contribution in [0.4, 0.5) is 5.69 Å². The summed E-state index contributed by atoms with van der Waals surface area (Å²) in [5.74, 6) is -0.305. The van der Waals surface area contributed by atoms with Crippen LogP contribution in [-0.4, -0.2) is 31.2 Å². The fourth-order valence-corrected chi connectivity index (χ4v) is 4.95. The normalized spacial score (nSPS) is 18.2. The zero-order chi connectivity index (χ0) is 18.0. The zero-order valence-corrected chi connectivity index (χ0v) is 16.2. The quantitative estimate of drug-likeness (QED) is 0.818. The zero-order valence-electron chi connectivity index (χ0n) is 13.8. The van der Waals surface area contributed by atoms with Gasteiger partial charge in [0.2, 0.25) is 15.9 Å². The Kier molecular flexibility index (Phi) is 5.27. The Labute approximate surface area is 156 Å². The van der Waals surface area contributed by atoms with E-state index in [2.05, 4.69) is 21.2 Å². The number of aryl methyl sites for hydroxylation is 1. The number of amides is 1. The van der Waals surface area contributed by atoms with Gasteiger partial charge in [-0.15, -0.1) is 0 Å². The first-order chi connectivity index (χ1) is 11.9. The number of nitrogens with one attached hydrogen (secondary N) is 1. The van der Waals surface area contributed by atoms with E-state index in [1.165, 1.54) is 4.31 Å². The first-order valence-corrected chi connectivity index (χ1v) is 10.3. The van der Waals surface area contributed by atoms with Crippen molar-refractivity contribution < 1.29 is 13.2 Å². The van der Waals surface area contributed by atoms with Crippen molar-refractivity contribution in [3.63, 3.8) is 0 Å². The smallest absolute Gasteiger partial charge is 0.243 e. The molecule has 1 atom stereocenters. The average Bonchev–Trinajstić information content (AvgIpc) is 3.08. The molecule has 2 aromatic carbocycles. The maximum atomic E-state index is 12.9. The third-order valence-corrected chi connectivity index (χ3v) is 6.88. The van der Waals surface area contributed by atoms with Gasteiger partial charge in [0.1, 0.15) is 6.04 Å². The number of carbonyl (C=O) groups is 1. The molecule has 1 aliphatic rings. The van der Waals surface area contributed by atoms with E-state index in [0.717, 1.165) is 10.0 Å². The van der Waals surface area contributed by atoms with Crippen LogP contribution >= 0.6 is 15.9 Å². The number of hydrogen-bond acceptors (Lipinski definition) is 3. The van der Waals surface area contributed by atoms with Crippen LogP contribution in [0.15, 0.2) is 57.9 Å². The highest BCUT2D eigenvalue weighted by Crippen LogP contribution is 2.28. The second-order valence-corrected chi connectivity index (χ2v) is 8.80. The number of nitrogens with zero attached hydrogens (tertiary/aromatic N) is 1. The van der Waals surface area contributed by atoms with Gasteiger partial charge in [-0.05, 0) is 60.0 Å². The van der Waals surface area contributed by atoms with Crippen molar-refractivity contribution in [3.8, 4) is 0 Å². The molecular formula is C18H19BrN2O3S. The number of benzene rings is 2. The summed E-state index contributed by atoms with van der Waals surface area (Å²) >= 11 is 3.38. The molecule has 1 aliphatic heterocycles. The minimum Gasteiger partial charge on any atom is -0.324 e. The summed E-state index contributed by atoms with van der Waals surface area (Å²) in [5.41, 5.74) is 1.62. The lowest BCUT2D eigenvalue weighted by atomic mass is 10.2. The van der Waals surface area contributed by atoms with E-state index in [-0.39, 0.29) is 10.8 Å². The van der Waals surface area contributed by atoms with Crippen LogP contribution in [0.25, 0.3) is 0 Å². The van der Waals surface area contributed by atoms with Crippen molar-refractivity contribution in [1.29, 1.82) is 0 Å². The highest BCUT2D eigenvalue weighted by molar-refractivity contribution is 9.10. The first-order valence-electron chi connectivity index (χ1n) is 8.03. The fraction of sp³-hybridized carbons (Fsp3) is 0.278. The molecule has 2 aromatic rings. The van der Waals surface area contributed by atoms with E-state index in [0.29, 0.717) is 25.1 Å². The third-order valence-electron chi connectivity index (χ3n) is 4.27. The second-order valence-electron chi connectivity index (χ2n) is 6.06. The number of halogens is 1. The summed E-state index contributed by atoms with van der Waals surface area (Å²) in [5, 5.41) is 2.82. The predicted octanol–water partition coefficient (Wildman–Crippen LogP) is 3.55. The van der Waals surface area contributed by atoms with E-state index >= 15 is 0 Å². The number of anilines is 1. The standard InChI is InChI=1S/C18H19BrN2O3S/c1-13-8-10-14(11-9-13)25(23,24)21-12-4-7-17(21)18(22)20-16-6-3-2-5-15(16)19/h2-3,5-6,8-11,17H,4,7,12H2,1H3,(H,20,22)/t17-/m1/s1. The van der Waals surface area contributed by atoms with Gasteiger partial charge in [0.05, 0.1) is 10.6 Å². The predicted molar refractivity (Wildman–Crippen MR) is 101 cm³/mol. The Morgan fingerprint density at radius 3 is 2.52 bits per heavy atom. The van der Waals surface area contributed by atoms with Crippen LogP contribution in [0, 0.1) is 6.92 Å². The molecule has 0 saturated carbocycles. The highest BCUT2D eigenvalue weighted by Gasteiger charge is 2.39. The van der Waals surface area contributed by atoms with E-state index in [4.69, 9.17) is 0 Å². The van der Waals surface area contributed by atoms with E-state index < -0.39 is 16.1 Å². The molecule has 0 aliphatic carbocycles. The van der Waals surface area contributed by atoms with Crippen molar-refractivity contribution >= 4 is 37.5 Å². The van der Waals surface area contributed by atoms with Gasteiger partial charge >= 0.3 is 0 Å². The summed E-state index contributed by atoms with van der Waals surface area (Å²) in [4.78, 5) is 12.9. The molecule has 5 nitrogen and oxygen atoms in total. The maximum absolute atomic E-state index is 12.9. The van der Waals surface area contributed by atoms with E-state index in [1.54, 1.807) is 30.3 Å². The van der Waals surface area contributed by atoms with Crippen LogP contribution in [-0.2, 0) is 14.8 Å². The van der Waals surface area contributed by atoms with Crippen LogP contribution in [0.3, 0.4) is 0 Å². The monoisotopic (exact) mass is 422 g/mol. The molecule has 1 heterocycles. The summed E-state index contributed by atoms with van der Waals surface area (Å²) < 4.78 is 27.9. The van der Waals surface area contributed by atoms with Gasteiger partial charge in [-0.3, -0.25) is 4.79 Å². The van der Waals surface area contributed by atoms with Gasteiger partial charge < -0.3 is 5.32 Å². The molecule has 1 amide bonds. The van der Waals surface area contributed by atoms with Crippen LogP contribution in [0.1, 0.15) is 18.4 Å². The number of sulfonamides is 1. The Bertz CT molecular complexity index is 881. The summed E-state index contributed by atoms with van der Waals surface area (Å²) in [6.07, 6.45) is 1.18. The van der Waals surface area contributed by atoms with Crippen LogP contribution in [0.2, 0.25) is 0 Å². The second kappa shape index (κ2) is 7.27. The molecule has 0 aromatic heterocycles. The fourth-order valence-electron chi connectivity index (χ4n) is 2.91. The Hall–Kier alpha value is -1.70. The van der Waals surface area contributed by atoms with Gasteiger partial charge in [0.15, 0.2) is 0 Å². The highest BCUT2D eigenvalue weighted by atomic mass is 79.9. The molecule has 7 heteroatoms. The Morgan fingerprint density at radius 2 is 1.84 bits per heavy atom. The molecule has 0 radical (unpaired) electrons. The average molecular weight is 423 g/mol. The number of hydrogen-bond donors (Lipinski definition) is 1. The van der Waals surface area contributed by atoms with Crippen molar-refractivity contribution in [2.45, 2.75) is 30.7 Å². The maximum Gasteiger partial charge on any atom is 0.243 e. The van der Waals surface area contributed by atoms with Crippen molar-refractivity contribution in [2.75, 3.05) is 11.9 Å². The molecule has 132 valence electrons. The summed E-state index contributed by atoms with van der Waals surface area (Å²) in [6, 6.07) is 13.3. The minimum atomic E-state index is -3.69. The lowest BCUT2D eigenvalue weighted by Gasteiger charge is -2.23. The summed E-state index contributed by atoms with van der Waals surface area (Å²) in [6.45, 7) is 2.25.